The molecule has 0 spiro atoms. The SMILES string of the molecule is CSc1ccc(CN(C)C(=O)CC2CCCN2)cc1. The zero-order chi connectivity index (χ0) is 13.7. The second kappa shape index (κ2) is 6.96. The van der Waals surface area contributed by atoms with Crippen LogP contribution in [0.15, 0.2) is 29.2 Å². The average molecular weight is 278 g/mol. The van der Waals surface area contributed by atoms with Gasteiger partial charge in [-0.25, -0.2) is 0 Å². The minimum Gasteiger partial charge on any atom is -0.341 e. The summed E-state index contributed by atoms with van der Waals surface area (Å²) in [6, 6.07) is 8.80. The molecule has 1 fully saturated rings. The van der Waals surface area contributed by atoms with Gasteiger partial charge >= 0.3 is 0 Å². The number of hydrogen-bond donors (Lipinski definition) is 1. The highest BCUT2D eigenvalue weighted by molar-refractivity contribution is 7.98. The summed E-state index contributed by atoms with van der Waals surface area (Å²) in [6.07, 6.45) is 5.01. The van der Waals surface area contributed by atoms with Crippen molar-refractivity contribution in [3.05, 3.63) is 29.8 Å². The molecule has 1 aromatic rings. The summed E-state index contributed by atoms with van der Waals surface area (Å²) in [7, 11) is 1.89. The van der Waals surface area contributed by atoms with Gasteiger partial charge in [-0.1, -0.05) is 12.1 Å². The maximum Gasteiger partial charge on any atom is 0.224 e. The Morgan fingerprint density at radius 3 is 2.74 bits per heavy atom. The van der Waals surface area contributed by atoms with Crippen LogP contribution in [0.25, 0.3) is 0 Å². The number of thioether (sulfide) groups is 1. The molecule has 0 saturated carbocycles. The van der Waals surface area contributed by atoms with Crippen LogP contribution >= 0.6 is 11.8 Å². The Hall–Kier alpha value is -1.00. The standard InChI is InChI=1S/C15H22N2OS/c1-17(15(18)10-13-4-3-9-16-13)11-12-5-7-14(19-2)8-6-12/h5-8,13,16H,3-4,9-11H2,1-2H3. The van der Waals surface area contributed by atoms with Gasteiger partial charge in [0, 0.05) is 31.0 Å². The van der Waals surface area contributed by atoms with Gasteiger partial charge in [-0.15, -0.1) is 11.8 Å². The zero-order valence-corrected chi connectivity index (χ0v) is 12.5. The second-order valence-electron chi connectivity index (χ2n) is 5.10. The number of carbonyl (C=O) groups excluding carboxylic acids is 1. The average Bonchev–Trinajstić information content (AvgIpc) is 2.92. The first-order chi connectivity index (χ1) is 9.19. The first-order valence-electron chi connectivity index (χ1n) is 6.79. The van der Waals surface area contributed by atoms with Crippen LogP contribution in [0.1, 0.15) is 24.8 Å². The van der Waals surface area contributed by atoms with Crippen LogP contribution < -0.4 is 5.32 Å². The lowest BCUT2D eigenvalue weighted by Gasteiger charge is -2.19. The smallest absolute Gasteiger partial charge is 0.224 e. The Kier molecular flexibility index (Phi) is 5.28. The van der Waals surface area contributed by atoms with Gasteiger partial charge in [0.05, 0.1) is 0 Å². The molecule has 1 heterocycles. The van der Waals surface area contributed by atoms with E-state index in [4.69, 9.17) is 0 Å². The first kappa shape index (κ1) is 14.4. The summed E-state index contributed by atoms with van der Waals surface area (Å²) in [4.78, 5) is 15.2. The molecule has 4 heteroatoms. The number of rotatable bonds is 5. The molecule has 0 bridgehead atoms. The van der Waals surface area contributed by atoms with Gasteiger partial charge in [-0.2, -0.15) is 0 Å². The molecule has 1 aliphatic rings. The lowest BCUT2D eigenvalue weighted by atomic mass is 10.1. The fourth-order valence-electron chi connectivity index (χ4n) is 2.39. The van der Waals surface area contributed by atoms with Gasteiger partial charge in [0.1, 0.15) is 0 Å². The molecule has 1 amide bonds. The number of benzene rings is 1. The largest absolute Gasteiger partial charge is 0.341 e. The molecule has 1 N–H and O–H groups in total. The Bertz CT molecular complexity index is 413. The van der Waals surface area contributed by atoms with E-state index in [9.17, 15) is 4.79 Å². The van der Waals surface area contributed by atoms with Crippen molar-refractivity contribution in [2.24, 2.45) is 0 Å². The van der Waals surface area contributed by atoms with Crippen LogP contribution in [0.3, 0.4) is 0 Å². The van der Waals surface area contributed by atoms with Crippen molar-refractivity contribution in [2.45, 2.75) is 36.7 Å². The van der Waals surface area contributed by atoms with E-state index in [0.29, 0.717) is 19.0 Å². The predicted octanol–water partition coefficient (Wildman–Crippen LogP) is 2.51. The fraction of sp³-hybridized carbons (Fsp3) is 0.533. The van der Waals surface area contributed by atoms with E-state index in [2.05, 4.69) is 35.8 Å². The quantitative estimate of drug-likeness (QED) is 0.840. The van der Waals surface area contributed by atoms with E-state index in [0.717, 1.165) is 13.0 Å². The third kappa shape index (κ3) is 4.25. The minimum atomic E-state index is 0.230. The van der Waals surface area contributed by atoms with Crippen molar-refractivity contribution < 1.29 is 4.79 Å². The van der Waals surface area contributed by atoms with E-state index >= 15 is 0 Å². The van der Waals surface area contributed by atoms with E-state index < -0.39 is 0 Å². The molecule has 0 aromatic heterocycles. The van der Waals surface area contributed by atoms with Crippen molar-refractivity contribution in [3.63, 3.8) is 0 Å². The summed E-state index contributed by atoms with van der Waals surface area (Å²) >= 11 is 1.74. The number of nitrogens with one attached hydrogen (secondary N) is 1. The Morgan fingerprint density at radius 2 is 2.16 bits per heavy atom. The molecule has 104 valence electrons. The van der Waals surface area contributed by atoms with Gasteiger partial charge in [0.25, 0.3) is 0 Å². The molecule has 1 saturated heterocycles. The number of hydrogen-bond acceptors (Lipinski definition) is 3. The Morgan fingerprint density at radius 1 is 1.42 bits per heavy atom. The summed E-state index contributed by atoms with van der Waals surface area (Å²) in [5, 5.41) is 3.37. The topological polar surface area (TPSA) is 32.3 Å². The van der Waals surface area contributed by atoms with Gasteiger partial charge in [-0.05, 0) is 43.3 Å². The number of nitrogens with zero attached hydrogens (tertiary/aromatic N) is 1. The molecule has 0 aliphatic carbocycles. The van der Waals surface area contributed by atoms with Gasteiger partial charge in [0.15, 0.2) is 0 Å². The highest BCUT2D eigenvalue weighted by Crippen LogP contribution is 2.16. The minimum absolute atomic E-state index is 0.230. The summed E-state index contributed by atoms with van der Waals surface area (Å²) in [5.74, 6) is 0.230. The normalized spacial score (nSPS) is 18.5. The molecule has 2 rings (SSSR count). The van der Waals surface area contributed by atoms with Crippen molar-refractivity contribution >= 4 is 17.7 Å². The molecule has 1 aliphatic heterocycles. The van der Waals surface area contributed by atoms with Crippen molar-refractivity contribution in [1.82, 2.24) is 10.2 Å². The molecule has 1 aromatic carbocycles. The maximum atomic E-state index is 12.1. The maximum absolute atomic E-state index is 12.1. The van der Waals surface area contributed by atoms with E-state index in [1.54, 1.807) is 11.8 Å². The molecule has 1 atom stereocenters. The lowest BCUT2D eigenvalue weighted by molar-refractivity contribution is -0.130. The predicted molar refractivity (Wildman–Crippen MR) is 80.3 cm³/mol. The molecule has 19 heavy (non-hydrogen) atoms. The fourth-order valence-corrected chi connectivity index (χ4v) is 2.80. The van der Waals surface area contributed by atoms with Crippen LogP contribution in [0.2, 0.25) is 0 Å². The van der Waals surface area contributed by atoms with Crippen LogP contribution in [0.5, 0.6) is 0 Å². The second-order valence-corrected chi connectivity index (χ2v) is 5.97. The first-order valence-corrected chi connectivity index (χ1v) is 8.02. The van der Waals surface area contributed by atoms with Crippen molar-refractivity contribution in [1.29, 1.82) is 0 Å². The van der Waals surface area contributed by atoms with Gasteiger partial charge in [0.2, 0.25) is 5.91 Å². The molecular weight excluding hydrogens is 256 g/mol. The Balaban J connectivity index is 1.84. The van der Waals surface area contributed by atoms with Gasteiger partial charge < -0.3 is 10.2 Å². The highest BCUT2D eigenvalue weighted by atomic mass is 32.2. The summed E-state index contributed by atoms with van der Waals surface area (Å²) < 4.78 is 0. The van der Waals surface area contributed by atoms with Crippen molar-refractivity contribution in [2.75, 3.05) is 19.8 Å². The Labute approximate surface area is 119 Å². The van der Waals surface area contributed by atoms with Crippen LogP contribution in [-0.4, -0.2) is 36.7 Å². The van der Waals surface area contributed by atoms with E-state index in [1.165, 1.54) is 16.9 Å². The lowest BCUT2D eigenvalue weighted by Crippen LogP contribution is -2.33. The zero-order valence-electron chi connectivity index (χ0n) is 11.7. The van der Waals surface area contributed by atoms with E-state index in [1.807, 2.05) is 11.9 Å². The highest BCUT2D eigenvalue weighted by Gasteiger charge is 2.19. The van der Waals surface area contributed by atoms with Crippen LogP contribution in [0, 0.1) is 0 Å². The monoisotopic (exact) mass is 278 g/mol. The van der Waals surface area contributed by atoms with Gasteiger partial charge in [-0.3, -0.25) is 4.79 Å². The summed E-state index contributed by atoms with van der Waals surface area (Å²) in [6.45, 7) is 1.75. The number of carbonyl (C=O) groups is 1. The molecular formula is C15H22N2OS. The third-order valence-electron chi connectivity index (χ3n) is 3.59. The van der Waals surface area contributed by atoms with Crippen LogP contribution in [-0.2, 0) is 11.3 Å². The summed E-state index contributed by atoms with van der Waals surface area (Å²) in [5.41, 5.74) is 1.19. The number of amides is 1. The molecule has 0 radical (unpaired) electrons. The molecule has 1 unspecified atom stereocenters. The molecule has 3 nitrogen and oxygen atoms in total. The third-order valence-corrected chi connectivity index (χ3v) is 4.33. The van der Waals surface area contributed by atoms with Crippen LogP contribution in [0.4, 0.5) is 0 Å². The van der Waals surface area contributed by atoms with E-state index in [-0.39, 0.29) is 5.91 Å². The van der Waals surface area contributed by atoms with Crippen molar-refractivity contribution in [3.8, 4) is 0 Å².